The van der Waals surface area contributed by atoms with Crippen molar-refractivity contribution in [2.75, 3.05) is 6.61 Å². The summed E-state index contributed by atoms with van der Waals surface area (Å²) in [4.78, 5) is 4.14. The van der Waals surface area contributed by atoms with Gasteiger partial charge in [-0.3, -0.25) is 4.68 Å². The van der Waals surface area contributed by atoms with Crippen LogP contribution in [-0.2, 0) is 19.1 Å². The summed E-state index contributed by atoms with van der Waals surface area (Å²) < 4.78 is 45.1. The third kappa shape index (κ3) is 3.99. The number of hydrogen-bond acceptors (Lipinski definition) is 5. The average molecular weight is 373 g/mol. The Labute approximate surface area is 144 Å². The quantitative estimate of drug-likeness (QED) is 0.744. The van der Waals surface area contributed by atoms with Crippen molar-refractivity contribution in [1.82, 2.24) is 19.9 Å². The van der Waals surface area contributed by atoms with Crippen molar-refractivity contribution >= 4 is 11.6 Å². The van der Waals surface area contributed by atoms with Gasteiger partial charge in [-0.2, -0.15) is 23.3 Å². The van der Waals surface area contributed by atoms with Gasteiger partial charge in [0.05, 0.1) is 0 Å². The molecule has 132 valence electrons. The number of aliphatic hydroxyl groups is 1. The number of rotatable bonds is 5. The Hall–Kier alpha value is -2.39. The van der Waals surface area contributed by atoms with Gasteiger partial charge >= 0.3 is 6.18 Å². The lowest BCUT2D eigenvalue weighted by Gasteiger charge is -2.04. The number of halogens is 4. The van der Waals surface area contributed by atoms with Gasteiger partial charge in [-0.05, 0) is 30.7 Å². The fourth-order valence-corrected chi connectivity index (χ4v) is 2.38. The van der Waals surface area contributed by atoms with Gasteiger partial charge < -0.3 is 9.63 Å². The molecule has 6 nitrogen and oxygen atoms in total. The molecule has 0 saturated carbocycles. The first kappa shape index (κ1) is 17.4. The second-order valence-corrected chi connectivity index (χ2v) is 5.63. The molecule has 0 bridgehead atoms. The van der Waals surface area contributed by atoms with Gasteiger partial charge in [-0.25, -0.2) is 0 Å². The average Bonchev–Trinajstić information content (AvgIpc) is 3.16. The summed E-state index contributed by atoms with van der Waals surface area (Å²) in [6.45, 7) is -0.497. The van der Waals surface area contributed by atoms with Gasteiger partial charge in [0.2, 0.25) is 0 Å². The van der Waals surface area contributed by atoms with Crippen LogP contribution in [0.15, 0.2) is 35.0 Å². The molecule has 3 aromatic rings. The van der Waals surface area contributed by atoms with Crippen molar-refractivity contribution in [3.8, 4) is 11.5 Å². The Morgan fingerprint density at radius 3 is 2.56 bits per heavy atom. The molecule has 0 saturated heterocycles. The van der Waals surface area contributed by atoms with E-state index in [1.807, 2.05) is 0 Å². The molecule has 0 aliphatic carbocycles. The molecule has 0 spiro atoms. The van der Waals surface area contributed by atoms with Gasteiger partial charge in [-0.1, -0.05) is 16.8 Å². The highest BCUT2D eigenvalue weighted by Crippen LogP contribution is 2.31. The summed E-state index contributed by atoms with van der Waals surface area (Å²) in [5.74, 6) is 0.405. The lowest BCUT2D eigenvalue weighted by molar-refractivity contribution is -0.142. The molecule has 2 aromatic heterocycles. The van der Waals surface area contributed by atoms with E-state index in [9.17, 15) is 13.2 Å². The predicted molar refractivity (Wildman–Crippen MR) is 81.9 cm³/mol. The van der Waals surface area contributed by atoms with Crippen molar-refractivity contribution in [2.24, 2.45) is 0 Å². The van der Waals surface area contributed by atoms with E-state index < -0.39 is 18.5 Å². The van der Waals surface area contributed by atoms with Gasteiger partial charge in [0.1, 0.15) is 6.54 Å². The Morgan fingerprint density at radius 1 is 1.20 bits per heavy atom. The Balaban J connectivity index is 1.82. The van der Waals surface area contributed by atoms with E-state index in [2.05, 4.69) is 15.2 Å². The summed E-state index contributed by atoms with van der Waals surface area (Å²) in [5, 5.41) is 16.7. The lowest BCUT2D eigenvalue weighted by Crippen LogP contribution is -2.11. The van der Waals surface area contributed by atoms with Crippen LogP contribution in [0.1, 0.15) is 17.1 Å². The molecular formula is C15H12ClF3N4O2. The zero-order chi connectivity index (χ0) is 18.0. The molecule has 10 heteroatoms. The smallest absolute Gasteiger partial charge is 0.396 e. The number of benzene rings is 1. The molecule has 0 fully saturated rings. The van der Waals surface area contributed by atoms with Crippen molar-refractivity contribution in [1.29, 1.82) is 0 Å². The molecule has 0 unspecified atom stereocenters. The summed E-state index contributed by atoms with van der Waals surface area (Å²) in [6, 6.07) is 6.69. The number of aromatic nitrogens is 4. The molecule has 3 rings (SSSR count). The molecule has 0 atom stereocenters. The van der Waals surface area contributed by atoms with Crippen LogP contribution >= 0.6 is 11.6 Å². The highest BCUT2D eigenvalue weighted by Gasteiger charge is 2.37. The minimum absolute atomic E-state index is 0.0866. The van der Waals surface area contributed by atoms with Gasteiger partial charge in [0.25, 0.3) is 5.89 Å². The maximum Gasteiger partial charge on any atom is 0.435 e. The fraction of sp³-hybridized carbons (Fsp3) is 0.267. The zero-order valence-electron chi connectivity index (χ0n) is 12.7. The predicted octanol–water partition coefficient (Wildman–Crippen LogP) is 3.19. The van der Waals surface area contributed by atoms with Crippen LogP contribution in [0.3, 0.4) is 0 Å². The third-order valence-electron chi connectivity index (χ3n) is 3.35. The van der Waals surface area contributed by atoms with Crippen molar-refractivity contribution in [3.63, 3.8) is 0 Å². The molecule has 0 aliphatic heterocycles. The molecular weight excluding hydrogens is 361 g/mol. The van der Waals surface area contributed by atoms with Crippen LogP contribution in [0.4, 0.5) is 13.2 Å². The van der Waals surface area contributed by atoms with Crippen molar-refractivity contribution in [2.45, 2.75) is 19.1 Å². The van der Waals surface area contributed by atoms with Crippen LogP contribution in [0, 0.1) is 0 Å². The highest BCUT2D eigenvalue weighted by atomic mass is 35.5. The van der Waals surface area contributed by atoms with Gasteiger partial charge in [-0.15, -0.1) is 0 Å². The second kappa shape index (κ2) is 6.85. The van der Waals surface area contributed by atoms with E-state index in [1.165, 1.54) is 6.20 Å². The summed E-state index contributed by atoms with van der Waals surface area (Å²) in [5.41, 5.74) is -0.472. The number of alkyl halides is 3. The van der Waals surface area contributed by atoms with Crippen molar-refractivity contribution < 1.29 is 22.8 Å². The third-order valence-corrected chi connectivity index (χ3v) is 3.60. The van der Waals surface area contributed by atoms with Crippen LogP contribution in [0.5, 0.6) is 0 Å². The maximum absolute atomic E-state index is 13.0. The first-order valence-corrected chi connectivity index (χ1v) is 7.57. The standard InChI is InChI=1S/C15H12ClF3N4O2/c16-11-3-1-9(2-4-11)14-20-12(22-25-14)8-23-7-10(5-6-24)13(21-23)15(17,18)19/h1-4,7,24H,5-6,8H2. The van der Waals surface area contributed by atoms with Crippen LogP contribution in [0.2, 0.25) is 5.02 Å². The lowest BCUT2D eigenvalue weighted by atomic mass is 10.2. The Bertz CT molecular complexity index is 859. The zero-order valence-corrected chi connectivity index (χ0v) is 13.4. The van der Waals surface area contributed by atoms with Crippen LogP contribution in [0.25, 0.3) is 11.5 Å². The largest absolute Gasteiger partial charge is 0.435 e. The van der Waals surface area contributed by atoms with E-state index in [0.717, 1.165) is 4.68 Å². The van der Waals surface area contributed by atoms with E-state index in [0.29, 0.717) is 10.6 Å². The van der Waals surface area contributed by atoms with Gasteiger partial charge in [0, 0.05) is 29.0 Å². The normalized spacial score (nSPS) is 11.9. The van der Waals surface area contributed by atoms with Crippen LogP contribution in [-0.4, -0.2) is 31.6 Å². The van der Waals surface area contributed by atoms with Crippen molar-refractivity contribution in [3.05, 3.63) is 52.6 Å². The number of nitrogens with zero attached hydrogens (tertiary/aromatic N) is 4. The Kier molecular flexibility index (Phi) is 4.78. The molecule has 0 radical (unpaired) electrons. The molecule has 25 heavy (non-hydrogen) atoms. The molecule has 0 amide bonds. The Morgan fingerprint density at radius 2 is 1.92 bits per heavy atom. The summed E-state index contributed by atoms with van der Waals surface area (Å²) >= 11 is 5.80. The van der Waals surface area contributed by atoms with E-state index >= 15 is 0 Å². The minimum atomic E-state index is -4.60. The molecule has 1 aromatic carbocycles. The first-order valence-electron chi connectivity index (χ1n) is 7.19. The number of hydrogen-bond donors (Lipinski definition) is 1. The monoisotopic (exact) mass is 372 g/mol. The minimum Gasteiger partial charge on any atom is -0.396 e. The number of aliphatic hydroxyl groups excluding tert-OH is 1. The van der Waals surface area contributed by atoms with E-state index in [4.69, 9.17) is 21.2 Å². The second-order valence-electron chi connectivity index (χ2n) is 5.19. The molecule has 2 heterocycles. The van der Waals surface area contributed by atoms with Gasteiger partial charge in [0.15, 0.2) is 11.5 Å². The maximum atomic E-state index is 13.0. The molecule has 1 N–H and O–H groups in total. The van der Waals surface area contributed by atoms with E-state index in [1.54, 1.807) is 24.3 Å². The summed E-state index contributed by atoms with van der Waals surface area (Å²) in [6.07, 6.45) is -3.52. The molecule has 0 aliphatic rings. The highest BCUT2D eigenvalue weighted by molar-refractivity contribution is 6.30. The first-order chi connectivity index (χ1) is 11.9. The SMILES string of the molecule is OCCc1cn(Cc2noc(-c3ccc(Cl)cc3)n2)nc1C(F)(F)F. The fourth-order valence-electron chi connectivity index (χ4n) is 2.26. The summed E-state index contributed by atoms with van der Waals surface area (Å²) in [7, 11) is 0. The van der Waals surface area contributed by atoms with E-state index in [-0.39, 0.29) is 30.2 Å². The van der Waals surface area contributed by atoms with Crippen LogP contribution < -0.4 is 0 Å². The topological polar surface area (TPSA) is 77.0 Å².